The highest BCUT2D eigenvalue weighted by Crippen LogP contribution is 2.45. The molecule has 0 saturated carbocycles. The van der Waals surface area contributed by atoms with Gasteiger partial charge in [-0.2, -0.15) is 0 Å². The van der Waals surface area contributed by atoms with Crippen LogP contribution >= 0.6 is 0 Å². The number of ether oxygens (including phenoxy) is 3. The van der Waals surface area contributed by atoms with E-state index in [1.807, 2.05) is 57.2 Å². The quantitative estimate of drug-likeness (QED) is 0.208. The van der Waals surface area contributed by atoms with Gasteiger partial charge in [0, 0.05) is 17.3 Å². The number of nitrogens with zero attached hydrogens (tertiary/aromatic N) is 1. The van der Waals surface area contributed by atoms with E-state index in [9.17, 15) is 14.7 Å². The van der Waals surface area contributed by atoms with Crippen molar-refractivity contribution in [2.45, 2.75) is 46.1 Å². The van der Waals surface area contributed by atoms with Gasteiger partial charge < -0.3 is 19.3 Å². The molecule has 1 amide bonds. The number of aryl methyl sites for hydroxylation is 2. The Bertz CT molecular complexity index is 1440. The Kier molecular flexibility index (Phi) is 8.00. The number of benzene rings is 3. The highest BCUT2D eigenvalue weighted by atomic mass is 16.5. The van der Waals surface area contributed by atoms with E-state index in [-0.39, 0.29) is 17.3 Å². The molecule has 1 atom stereocenters. The molecule has 0 aromatic heterocycles. The molecule has 0 radical (unpaired) electrons. The molecule has 1 saturated heterocycles. The van der Waals surface area contributed by atoms with Crippen molar-refractivity contribution in [3.05, 3.63) is 88.0 Å². The van der Waals surface area contributed by atoms with Crippen molar-refractivity contribution in [2.75, 3.05) is 26.2 Å². The molecule has 1 aliphatic heterocycles. The fourth-order valence-corrected chi connectivity index (χ4v) is 5.05. The van der Waals surface area contributed by atoms with Crippen LogP contribution in [-0.2, 0) is 16.0 Å². The van der Waals surface area contributed by atoms with E-state index >= 15 is 0 Å². The van der Waals surface area contributed by atoms with Crippen LogP contribution in [0.1, 0.15) is 60.5 Å². The van der Waals surface area contributed by atoms with Crippen molar-refractivity contribution in [1.29, 1.82) is 0 Å². The van der Waals surface area contributed by atoms with Gasteiger partial charge in [0.2, 0.25) is 0 Å². The summed E-state index contributed by atoms with van der Waals surface area (Å²) in [5.74, 6) is 0.0243. The van der Waals surface area contributed by atoms with E-state index in [0.29, 0.717) is 34.1 Å². The first-order chi connectivity index (χ1) is 18.7. The van der Waals surface area contributed by atoms with Gasteiger partial charge in [0.1, 0.15) is 11.5 Å². The average molecular weight is 530 g/mol. The van der Waals surface area contributed by atoms with E-state index in [0.717, 1.165) is 23.1 Å². The predicted octanol–water partition coefficient (Wildman–Crippen LogP) is 6.33. The van der Waals surface area contributed by atoms with Crippen molar-refractivity contribution in [3.63, 3.8) is 0 Å². The number of carbonyl (C=O) groups is 2. The van der Waals surface area contributed by atoms with Crippen LogP contribution in [-0.4, -0.2) is 38.1 Å². The van der Waals surface area contributed by atoms with E-state index in [4.69, 9.17) is 14.2 Å². The van der Waals surface area contributed by atoms with Gasteiger partial charge in [0.05, 0.1) is 32.9 Å². The molecule has 0 spiro atoms. The van der Waals surface area contributed by atoms with Gasteiger partial charge in [0.15, 0.2) is 11.5 Å². The molecule has 204 valence electrons. The fraction of sp³-hybridized carbons (Fsp3) is 0.312. The first kappa shape index (κ1) is 27.8. The van der Waals surface area contributed by atoms with Crippen LogP contribution < -0.4 is 19.1 Å². The van der Waals surface area contributed by atoms with Crippen LogP contribution in [0.2, 0.25) is 0 Å². The maximum atomic E-state index is 13.7. The number of carbonyl (C=O) groups excluding carboxylic acids is 2. The lowest BCUT2D eigenvalue weighted by Gasteiger charge is -2.26. The summed E-state index contributed by atoms with van der Waals surface area (Å²) in [5.41, 5.74) is 4.41. The van der Waals surface area contributed by atoms with Crippen molar-refractivity contribution in [2.24, 2.45) is 0 Å². The molecule has 3 aromatic carbocycles. The molecule has 1 unspecified atom stereocenters. The average Bonchev–Trinajstić information content (AvgIpc) is 3.21. The van der Waals surface area contributed by atoms with E-state index in [2.05, 4.69) is 6.92 Å². The first-order valence-electron chi connectivity index (χ1n) is 13.0. The van der Waals surface area contributed by atoms with Crippen LogP contribution in [0.15, 0.2) is 60.2 Å². The second kappa shape index (κ2) is 11.2. The number of hydrogen-bond acceptors (Lipinski definition) is 6. The molecule has 0 bridgehead atoms. The first-order valence-corrected chi connectivity index (χ1v) is 13.0. The van der Waals surface area contributed by atoms with Crippen LogP contribution in [0.5, 0.6) is 17.2 Å². The zero-order valence-corrected chi connectivity index (χ0v) is 23.5. The number of methoxy groups -OCH3 is 3. The molecule has 1 aliphatic rings. The Morgan fingerprint density at radius 3 is 2.10 bits per heavy atom. The van der Waals surface area contributed by atoms with E-state index in [1.165, 1.54) is 19.1 Å². The van der Waals surface area contributed by atoms with Gasteiger partial charge in [-0.15, -0.1) is 0 Å². The Morgan fingerprint density at radius 2 is 1.54 bits per heavy atom. The number of ketones is 1. The van der Waals surface area contributed by atoms with E-state index in [1.54, 1.807) is 25.3 Å². The lowest BCUT2D eigenvalue weighted by atomic mass is 9.90. The minimum atomic E-state index is -0.849. The van der Waals surface area contributed by atoms with E-state index < -0.39 is 17.7 Å². The number of Topliss-reactive ketones (excluding diaryl/α,β-unsaturated/α-hetero) is 1. The molecule has 39 heavy (non-hydrogen) atoms. The molecule has 0 aliphatic carbocycles. The Morgan fingerprint density at radius 1 is 0.897 bits per heavy atom. The molecule has 1 N–H and O–H groups in total. The van der Waals surface area contributed by atoms with Gasteiger partial charge in [-0.3, -0.25) is 14.5 Å². The maximum absolute atomic E-state index is 13.7. The molecule has 1 heterocycles. The number of rotatable bonds is 8. The Hall–Kier alpha value is -4.26. The molecular weight excluding hydrogens is 494 g/mol. The van der Waals surface area contributed by atoms with Crippen molar-refractivity contribution in [3.8, 4) is 17.2 Å². The highest BCUT2D eigenvalue weighted by Gasteiger charge is 2.47. The van der Waals surface area contributed by atoms with Crippen molar-refractivity contribution < 1.29 is 28.9 Å². The third-order valence-corrected chi connectivity index (χ3v) is 7.25. The summed E-state index contributed by atoms with van der Waals surface area (Å²) in [6.45, 7) is 7.96. The summed E-state index contributed by atoms with van der Waals surface area (Å²) in [4.78, 5) is 28.7. The zero-order chi connectivity index (χ0) is 28.4. The lowest BCUT2D eigenvalue weighted by Crippen LogP contribution is -2.29. The Labute approximate surface area is 229 Å². The summed E-state index contributed by atoms with van der Waals surface area (Å²) in [7, 11) is 4.64. The fourth-order valence-electron chi connectivity index (χ4n) is 5.05. The van der Waals surface area contributed by atoms with Gasteiger partial charge in [-0.05, 0) is 65.8 Å². The highest BCUT2D eigenvalue weighted by molar-refractivity contribution is 6.51. The standard InChI is InChI=1S/C32H35NO6/c1-8-20-9-11-21(12-10-20)29-28(30(34)24-17-23(18(2)3)26(38-6)15-19(24)4)31(35)32(36)33(29)22-13-14-25(37-5)27(16-22)39-7/h9-18,29,34H,8H2,1-7H3/b30-28+. The van der Waals surface area contributed by atoms with Gasteiger partial charge in [-0.1, -0.05) is 45.0 Å². The van der Waals surface area contributed by atoms with Gasteiger partial charge in [-0.25, -0.2) is 0 Å². The monoisotopic (exact) mass is 529 g/mol. The molecule has 3 aromatic rings. The number of aliphatic hydroxyl groups excluding tert-OH is 1. The maximum Gasteiger partial charge on any atom is 0.300 e. The second-order valence-electron chi connectivity index (χ2n) is 9.87. The third-order valence-electron chi connectivity index (χ3n) is 7.25. The SMILES string of the molecule is CCc1ccc(C2/C(=C(\O)c3cc(C(C)C)c(OC)cc3C)C(=O)C(=O)N2c2ccc(OC)c(OC)c2)cc1. The molecule has 4 rings (SSSR count). The summed E-state index contributed by atoms with van der Waals surface area (Å²) in [6.07, 6.45) is 0.846. The number of amides is 1. The summed E-state index contributed by atoms with van der Waals surface area (Å²) in [6, 6.07) is 15.6. The largest absolute Gasteiger partial charge is 0.507 e. The van der Waals surface area contributed by atoms with Crippen molar-refractivity contribution >= 4 is 23.1 Å². The molecule has 1 fully saturated rings. The Balaban J connectivity index is 1.98. The molecular formula is C32H35NO6. The molecule has 7 heteroatoms. The smallest absolute Gasteiger partial charge is 0.300 e. The minimum absolute atomic E-state index is 0.0296. The van der Waals surface area contributed by atoms with Crippen LogP contribution in [0.25, 0.3) is 5.76 Å². The number of anilines is 1. The summed E-state index contributed by atoms with van der Waals surface area (Å²) < 4.78 is 16.4. The summed E-state index contributed by atoms with van der Waals surface area (Å²) in [5, 5.41) is 11.7. The minimum Gasteiger partial charge on any atom is -0.507 e. The van der Waals surface area contributed by atoms with Crippen LogP contribution in [0.4, 0.5) is 5.69 Å². The normalized spacial score (nSPS) is 16.6. The zero-order valence-electron chi connectivity index (χ0n) is 23.5. The molecule has 7 nitrogen and oxygen atoms in total. The van der Waals surface area contributed by atoms with Gasteiger partial charge >= 0.3 is 0 Å². The van der Waals surface area contributed by atoms with Crippen LogP contribution in [0, 0.1) is 6.92 Å². The number of aliphatic hydroxyl groups is 1. The number of hydrogen-bond donors (Lipinski definition) is 1. The lowest BCUT2D eigenvalue weighted by molar-refractivity contribution is -0.132. The third kappa shape index (κ3) is 4.97. The van der Waals surface area contributed by atoms with Crippen LogP contribution in [0.3, 0.4) is 0 Å². The van der Waals surface area contributed by atoms with Gasteiger partial charge in [0.25, 0.3) is 11.7 Å². The summed E-state index contributed by atoms with van der Waals surface area (Å²) >= 11 is 0. The van der Waals surface area contributed by atoms with Crippen molar-refractivity contribution in [1.82, 2.24) is 0 Å². The predicted molar refractivity (Wildman–Crippen MR) is 152 cm³/mol. The second-order valence-corrected chi connectivity index (χ2v) is 9.87. The topological polar surface area (TPSA) is 85.3 Å².